The van der Waals surface area contributed by atoms with E-state index in [9.17, 15) is 0 Å². The summed E-state index contributed by atoms with van der Waals surface area (Å²) in [5.74, 6) is 4.78. The van der Waals surface area contributed by atoms with Crippen LogP contribution in [0.1, 0.15) is 138 Å². The lowest BCUT2D eigenvalue weighted by atomic mass is 9.76. The third-order valence-corrected chi connectivity index (χ3v) is 6.36. The van der Waals surface area contributed by atoms with Crippen molar-refractivity contribution in [2.45, 2.75) is 138 Å². The number of rotatable bonds is 18. The van der Waals surface area contributed by atoms with Crippen molar-refractivity contribution in [2.24, 2.45) is 17.8 Å². The highest BCUT2D eigenvalue weighted by atomic mass is 14.3. The second-order valence-electron chi connectivity index (χ2n) is 8.61. The lowest BCUT2D eigenvalue weighted by Gasteiger charge is -2.29. The summed E-state index contributed by atoms with van der Waals surface area (Å²) in [4.78, 5) is 0. The van der Waals surface area contributed by atoms with E-state index in [0.29, 0.717) is 0 Å². The Morgan fingerprint density at radius 3 is 0.960 bits per heavy atom. The van der Waals surface area contributed by atoms with E-state index < -0.39 is 0 Å². The molecule has 151 valence electrons. The molecule has 1 radical (unpaired) electrons. The Bertz CT molecular complexity index is 214. The third kappa shape index (κ3) is 12.9. The summed E-state index contributed by atoms with van der Waals surface area (Å²) < 4.78 is 0. The van der Waals surface area contributed by atoms with E-state index in [1.807, 2.05) is 5.92 Å². The molecule has 3 atom stereocenters. The molecular formula is C25H51. The summed E-state index contributed by atoms with van der Waals surface area (Å²) in [6.45, 7) is 14.3. The van der Waals surface area contributed by atoms with Gasteiger partial charge in [-0.1, -0.05) is 119 Å². The Hall–Kier alpha value is 0. The van der Waals surface area contributed by atoms with Gasteiger partial charge < -0.3 is 0 Å². The van der Waals surface area contributed by atoms with E-state index in [1.54, 1.807) is 0 Å². The Morgan fingerprint density at radius 2 is 0.760 bits per heavy atom. The van der Waals surface area contributed by atoms with Crippen LogP contribution in [0.25, 0.3) is 0 Å². The quantitative estimate of drug-likeness (QED) is 0.231. The second kappa shape index (κ2) is 17.4. The first-order chi connectivity index (χ1) is 12.1. The van der Waals surface area contributed by atoms with Crippen molar-refractivity contribution in [3.05, 3.63) is 5.92 Å². The van der Waals surface area contributed by atoms with Crippen molar-refractivity contribution < 1.29 is 0 Å². The first-order valence-corrected chi connectivity index (χ1v) is 12.0. The van der Waals surface area contributed by atoms with Crippen LogP contribution in [0.2, 0.25) is 0 Å². The van der Waals surface area contributed by atoms with E-state index in [-0.39, 0.29) is 0 Å². The summed E-state index contributed by atoms with van der Waals surface area (Å²) in [6, 6.07) is 0. The highest BCUT2D eigenvalue weighted by Gasteiger charge is 2.22. The van der Waals surface area contributed by atoms with Crippen LogP contribution >= 0.6 is 0 Å². The van der Waals surface area contributed by atoms with E-state index >= 15 is 0 Å². The maximum absolute atomic E-state index is 2.42. The zero-order valence-corrected chi connectivity index (χ0v) is 18.8. The minimum atomic E-state index is 0.947. The van der Waals surface area contributed by atoms with E-state index in [0.717, 1.165) is 17.8 Å². The lowest BCUT2D eigenvalue weighted by Crippen LogP contribution is -2.15. The van der Waals surface area contributed by atoms with E-state index in [2.05, 4.69) is 41.5 Å². The topological polar surface area (TPSA) is 0 Å². The fourth-order valence-electron chi connectivity index (χ4n) is 4.30. The highest BCUT2D eigenvalue weighted by Crippen LogP contribution is 2.36. The second-order valence-corrected chi connectivity index (χ2v) is 8.61. The van der Waals surface area contributed by atoms with Gasteiger partial charge in [0.2, 0.25) is 0 Å². The van der Waals surface area contributed by atoms with Crippen molar-refractivity contribution in [3.63, 3.8) is 0 Å². The molecule has 0 aliphatic heterocycles. The number of unbranched alkanes of at least 4 members (excludes halogenated alkanes) is 3. The minimum absolute atomic E-state index is 0.947. The van der Waals surface area contributed by atoms with Gasteiger partial charge in [-0.25, -0.2) is 0 Å². The monoisotopic (exact) mass is 351 g/mol. The zero-order valence-electron chi connectivity index (χ0n) is 18.8. The molecule has 0 aromatic heterocycles. The van der Waals surface area contributed by atoms with Gasteiger partial charge in [-0.3, -0.25) is 0 Å². The van der Waals surface area contributed by atoms with Crippen LogP contribution in [0.3, 0.4) is 0 Å². The van der Waals surface area contributed by atoms with E-state index in [4.69, 9.17) is 0 Å². The molecule has 0 nitrogen and oxygen atoms in total. The average Bonchev–Trinajstić information content (AvgIpc) is 2.64. The van der Waals surface area contributed by atoms with Crippen LogP contribution in [0.15, 0.2) is 0 Å². The Labute approximate surface area is 161 Å². The predicted octanol–water partition coefficient (Wildman–Crippen LogP) is 9.38. The van der Waals surface area contributed by atoms with Gasteiger partial charge in [0.25, 0.3) is 0 Å². The number of hydrogen-bond acceptors (Lipinski definition) is 0. The van der Waals surface area contributed by atoms with E-state index in [1.165, 1.54) is 96.3 Å². The Morgan fingerprint density at radius 1 is 0.480 bits per heavy atom. The molecule has 0 rings (SSSR count). The molecule has 0 fully saturated rings. The van der Waals surface area contributed by atoms with Crippen molar-refractivity contribution in [3.8, 4) is 0 Å². The molecule has 0 aliphatic carbocycles. The standard InChI is InChI=1S/C25H51/c1-7-13-16-22(10-4)19-25(20-23(11-5)17-14-8-2)21-24(12-6)18-15-9-3/h22-24H,7-21H2,1-6H3. The summed E-state index contributed by atoms with van der Waals surface area (Å²) in [5.41, 5.74) is 0. The molecule has 0 heterocycles. The summed E-state index contributed by atoms with van der Waals surface area (Å²) in [6.07, 6.45) is 21.1. The van der Waals surface area contributed by atoms with Crippen molar-refractivity contribution in [1.29, 1.82) is 0 Å². The molecule has 0 amide bonds. The van der Waals surface area contributed by atoms with Crippen LogP contribution in [0.5, 0.6) is 0 Å². The molecule has 0 aliphatic rings. The van der Waals surface area contributed by atoms with Crippen LogP contribution in [0, 0.1) is 23.7 Å². The van der Waals surface area contributed by atoms with Crippen LogP contribution in [-0.4, -0.2) is 0 Å². The normalized spacial score (nSPS) is 15.5. The summed E-state index contributed by atoms with van der Waals surface area (Å²) >= 11 is 0. The molecule has 0 bridgehead atoms. The van der Waals surface area contributed by atoms with Gasteiger partial charge in [0.05, 0.1) is 0 Å². The van der Waals surface area contributed by atoms with Gasteiger partial charge in [-0.05, 0) is 42.9 Å². The fourth-order valence-corrected chi connectivity index (χ4v) is 4.30. The molecule has 0 heteroatoms. The van der Waals surface area contributed by atoms with Crippen LogP contribution in [-0.2, 0) is 0 Å². The molecule has 25 heavy (non-hydrogen) atoms. The minimum Gasteiger partial charge on any atom is -0.0654 e. The first-order valence-electron chi connectivity index (χ1n) is 12.0. The molecule has 3 unspecified atom stereocenters. The van der Waals surface area contributed by atoms with Crippen molar-refractivity contribution in [2.75, 3.05) is 0 Å². The first kappa shape index (κ1) is 25.0. The smallest absolute Gasteiger partial charge is 0.0233 e. The molecule has 0 N–H and O–H groups in total. The van der Waals surface area contributed by atoms with Gasteiger partial charge in [-0.15, -0.1) is 0 Å². The molecular weight excluding hydrogens is 300 g/mol. The van der Waals surface area contributed by atoms with Gasteiger partial charge in [0, 0.05) is 0 Å². The molecule has 0 saturated carbocycles. The summed E-state index contributed by atoms with van der Waals surface area (Å²) in [5, 5.41) is 0. The summed E-state index contributed by atoms with van der Waals surface area (Å²) in [7, 11) is 0. The maximum atomic E-state index is 2.42. The largest absolute Gasteiger partial charge is 0.0654 e. The van der Waals surface area contributed by atoms with Gasteiger partial charge in [0.15, 0.2) is 0 Å². The third-order valence-electron chi connectivity index (χ3n) is 6.36. The molecule has 0 spiro atoms. The van der Waals surface area contributed by atoms with Gasteiger partial charge in [-0.2, -0.15) is 0 Å². The average molecular weight is 352 g/mol. The zero-order chi connectivity index (χ0) is 18.9. The van der Waals surface area contributed by atoms with Gasteiger partial charge >= 0.3 is 0 Å². The Balaban J connectivity index is 4.80. The molecule has 0 aromatic rings. The highest BCUT2D eigenvalue weighted by molar-refractivity contribution is 4.95. The predicted molar refractivity (Wildman–Crippen MR) is 117 cm³/mol. The fraction of sp³-hybridized carbons (Fsp3) is 0.960. The van der Waals surface area contributed by atoms with Crippen molar-refractivity contribution in [1.82, 2.24) is 0 Å². The molecule has 0 saturated heterocycles. The van der Waals surface area contributed by atoms with Crippen LogP contribution in [0.4, 0.5) is 0 Å². The SMILES string of the molecule is CCCCC(CC)C[C](CC(CC)CCCC)CC(CC)CCCC. The lowest BCUT2D eigenvalue weighted by molar-refractivity contribution is 0.330. The van der Waals surface area contributed by atoms with Gasteiger partial charge in [0.1, 0.15) is 0 Å². The van der Waals surface area contributed by atoms with Crippen LogP contribution < -0.4 is 0 Å². The molecule has 0 aromatic carbocycles. The van der Waals surface area contributed by atoms with Crippen molar-refractivity contribution >= 4 is 0 Å². The Kier molecular flexibility index (Phi) is 17.4. The maximum Gasteiger partial charge on any atom is -0.0233 e. The number of hydrogen-bond donors (Lipinski definition) is 0.